The van der Waals surface area contributed by atoms with Gasteiger partial charge in [-0.2, -0.15) is 0 Å². The van der Waals surface area contributed by atoms with Gasteiger partial charge in [0.1, 0.15) is 5.75 Å². The van der Waals surface area contributed by atoms with Crippen LogP contribution in [0.1, 0.15) is 21.1 Å². The summed E-state index contributed by atoms with van der Waals surface area (Å²) in [5.41, 5.74) is 0.876. The SMILES string of the molecule is COc1ccc(Br)c(CC(=O)NCCc2nc(C(=O)O)cs2)c1. The number of aromatic nitrogens is 1. The van der Waals surface area contributed by atoms with Crippen LogP contribution in [0.3, 0.4) is 0 Å². The average Bonchev–Trinajstić information content (AvgIpc) is 2.98. The Morgan fingerprint density at radius 1 is 1.43 bits per heavy atom. The van der Waals surface area contributed by atoms with Crippen molar-refractivity contribution in [3.05, 3.63) is 44.3 Å². The van der Waals surface area contributed by atoms with Crippen molar-refractivity contribution < 1.29 is 19.4 Å². The Morgan fingerprint density at radius 3 is 2.87 bits per heavy atom. The first kappa shape index (κ1) is 17.4. The van der Waals surface area contributed by atoms with Crippen molar-refractivity contribution >= 4 is 39.1 Å². The highest BCUT2D eigenvalue weighted by Crippen LogP contribution is 2.22. The summed E-state index contributed by atoms with van der Waals surface area (Å²) in [6, 6.07) is 5.46. The first-order valence-corrected chi connectivity index (χ1v) is 8.43. The Bertz CT molecular complexity index is 717. The molecule has 0 aliphatic heterocycles. The molecule has 0 saturated carbocycles. The molecule has 2 aromatic rings. The number of carboxylic acids is 1. The third kappa shape index (κ3) is 5.04. The van der Waals surface area contributed by atoms with Gasteiger partial charge in [-0.05, 0) is 23.8 Å². The maximum Gasteiger partial charge on any atom is 0.355 e. The third-order valence-corrected chi connectivity index (χ3v) is 4.72. The fourth-order valence-corrected chi connectivity index (χ4v) is 3.04. The van der Waals surface area contributed by atoms with Gasteiger partial charge < -0.3 is 15.2 Å². The minimum Gasteiger partial charge on any atom is -0.497 e. The summed E-state index contributed by atoms with van der Waals surface area (Å²) >= 11 is 4.68. The summed E-state index contributed by atoms with van der Waals surface area (Å²) in [6.07, 6.45) is 0.735. The number of rotatable bonds is 7. The van der Waals surface area contributed by atoms with Crippen LogP contribution in [-0.2, 0) is 17.6 Å². The molecule has 0 aliphatic carbocycles. The fraction of sp³-hybridized carbons (Fsp3) is 0.267. The fourth-order valence-electron chi connectivity index (χ4n) is 1.88. The molecule has 0 atom stereocenters. The van der Waals surface area contributed by atoms with Gasteiger partial charge in [0.2, 0.25) is 5.91 Å². The summed E-state index contributed by atoms with van der Waals surface area (Å²) in [7, 11) is 1.58. The first-order valence-electron chi connectivity index (χ1n) is 6.76. The van der Waals surface area contributed by atoms with Gasteiger partial charge in [-0.3, -0.25) is 4.79 Å². The maximum atomic E-state index is 12.0. The van der Waals surface area contributed by atoms with Gasteiger partial charge in [0.15, 0.2) is 5.69 Å². The molecule has 1 amide bonds. The van der Waals surface area contributed by atoms with E-state index in [1.54, 1.807) is 7.11 Å². The number of carbonyl (C=O) groups excluding carboxylic acids is 1. The molecule has 23 heavy (non-hydrogen) atoms. The predicted octanol–water partition coefficient (Wildman–Crippen LogP) is 2.51. The standard InChI is InChI=1S/C15H15BrN2O4S/c1-22-10-2-3-11(16)9(6-10)7-13(19)17-5-4-14-18-12(8-23-14)15(20)21/h2-3,6,8H,4-5,7H2,1H3,(H,17,19)(H,20,21). The van der Waals surface area contributed by atoms with Gasteiger partial charge in [0.25, 0.3) is 0 Å². The van der Waals surface area contributed by atoms with Crippen LogP contribution >= 0.6 is 27.3 Å². The van der Waals surface area contributed by atoms with Crippen LogP contribution in [0.4, 0.5) is 0 Å². The second kappa shape index (κ2) is 8.07. The molecule has 8 heteroatoms. The topological polar surface area (TPSA) is 88.5 Å². The van der Waals surface area contributed by atoms with Gasteiger partial charge in [0.05, 0.1) is 18.5 Å². The van der Waals surface area contributed by atoms with Gasteiger partial charge in [0, 0.05) is 22.8 Å². The smallest absolute Gasteiger partial charge is 0.355 e. The molecule has 1 aromatic carbocycles. The van der Waals surface area contributed by atoms with Crippen molar-refractivity contribution in [2.45, 2.75) is 12.8 Å². The second-order valence-corrected chi connectivity index (χ2v) is 6.46. The summed E-state index contributed by atoms with van der Waals surface area (Å²) in [6.45, 7) is 0.410. The molecule has 122 valence electrons. The Labute approximate surface area is 145 Å². The lowest BCUT2D eigenvalue weighted by Crippen LogP contribution is -2.27. The number of carbonyl (C=O) groups is 2. The van der Waals surface area contributed by atoms with Crippen LogP contribution in [0.15, 0.2) is 28.1 Å². The molecule has 0 unspecified atom stereocenters. The Morgan fingerprint density at radius 2 is 2.22 bits per heavy atom. The van der Waals surface area contributed by atoms with Crippen molar-refractivity contribution in [1.29, 1.82) is 0 Å². The van der Waals surface area contributed by atoms with Crippen LogP contribution in [0.5, 0.6) is 5.75 Å². The molecule has 0 bridgehead atoms. The number of nitrogens with zero attached hydrogens (tertiary/aromatic N) is 1. The number of amides is 1. The number of nitrogens with one attached hydrogen (secondary N) is 1. The van der Waals surface area contributed by atoms with Gasteiger partial charge >= 0.3 is 5.97 Å². The minimum atomic E-state index is -1.04. The first-order chi connectivity index (χ1) is 11.0. The lowest BCUT2D eigenvalue weighted by Gasteiger charge is -2.08. The Balaban J connectivity index is 1.84. The van der Waals surface area contributed by atoms with Gasteiger partial charge in [-0.1, -0.05) is 15.9 Å². The molecule has 1 heterocycles. The Kier molecular flexibility index (Phi) is 6.12. The van der Waals surface area contributed by atoms with E-state index in [4.69, 9.17) is 9.84 Å². The number of methoxy groups -OCH3 is 1. The summed E-state index contributed by atoms with van der Waals surface area (Å²) in [5.74, 6) is -0.464. The molecule has 2 N–H and O–H groups in total. The van der Waals surface area contributed by atoms with Gasteiger partial charge in [-0.15, -0.1) is 11.3 Å². The highest BCUT2D eigenvalue weighted by atomic mass is 79.9. The summed E-state index contributed by atoms with van der Waals surface area (Å²) in [5, 5.41) is 13.8. The number of carboxylic acid groups (broad SMARTS) is 1. The van der Waals surface area contributed by atoms with Crippen molar-refractivity contribution in [2.75, 3.05) is 13.7 Å². The molecule has 2 rings (SSSR count). The predicted molar refractivity (Wildman–Crippen MR) is 90.2 cm³/mol. The minimum absolute atomic E-state index is 0.0386. The highest BCUT2D eigenvalue weighted by molar-refractivity contribution is 9.10. The number of halogens is 1. The number of hydrogen-bond acceptors (Lipinski definition) is 5. The maximum absolute atomic E-state index is 12.0. The van der Waals surface area contributed by atoms with Crippen molar-refractivity contribution in [3.63, 3.8) is 0 Å². The van der Waals surface area contributed by atoms with Crippen LogP contribution in [-0.4, -0.2) is 35.6 Å². The van der Waals surface area contributed by atoms with Gasteiger partial charge in [-0.25, -0.2) is 9.78 Å². The van der Waals surface area contributed by atoms with Crippen molar-refractivity contribution in [3.8, 4) is 5.75 Å². The van der Waals surface area contributed by atoms with E-state index in [1.807, 2.05) is 18.2 Å². The largest absolute Gasteiger partial charge is 0.497 e. The van der Waals surface area contributed by atoms with E-state index in [9.17, 15) is 9.59 Å². The van der Waals surface area contributed by atoms with Crippen molar-refractivity contribution in [2.24, 2.45) is 0 Å². The molecular formula is C15H15BrN2O4S. The molecule has 0 spiro atoms. The number of thiazole rings is 1. The zero-order valence-corrected chi connectivity index (χ0v) is 14.7. The van der Waals surface area contributed by atoms with E-state index < -0.39 is 5.97 Å². The molecule has 0 saturated heterocycles. The molecule has 0 fully saturated rings. The lowest BCUT2D eigenvalue weighted by molar-refractivity contribution is -0.120. The van der Waals surface area contributed by atoms with E-state index in [1.165, 1.54) is 16.7 Å². The highest BCUT2D eigenvalue weighted by Gasteiger charge is 2.10. The van der Waals surface area contributed by atoms with E-state index in [0.29, 0.717) is 23.7 Å². The van der Waals surface area contributed by atoms with Crippen LogP contribution in [0, 0.1) is 0 Å². The van der Waals surface area contributed by atoms with Crippen molar-refractivity contribution in [1.82, 2.24) is 10.3 Å². The zero-order valence-electron chi connectivity index (χ0n) is 12.3. The Hall–Kier alpha value is -1.93. The van der Waals surface area contributed by atoms with Crippen LogP contribution in [0.2, 0.25) is 0 Å². The summed E-state index contributed by atoms with van der Waals surface area (Å²) in [4.78, 5) is 26.7. The quantitative estimate of drug-likeness (QED) is 0.747. The number of aromatic carboxylic acids is 1. The number of ether oxygens (including phenoxy) is 1. The van der Waals surface area contributed by atoms with Crippen LogP contribution < -0.4 is 10.1 Å². The number of benzene rings is 1. The van der Waals surface area contributed by atoms with Crippen LogP contribution in [0.25, 0.3) is 0 Å². The summed E-state index contributed by atoms with van der Waals surface area (Å²) < 4.78 is 5.99. The normalized spacial score (nSPS) is 10.3. The van der Waals surface area contributed by atoms with E-state index in [-0.39, 0.29) is 18.0 Å². The molecule has 0 aliphatic rings. The molecule has 6 nitrogen and oxygen atoms in total. The molecular weight excluding hydrogens is 384 g/mol. The molecule has 0 radical (unpaired) electrons. The lowest BCUT2D eigenvalue weighted by atomic mass is 10.1. The zero-order chi connectivity index (χ0) is 16.8. The molecule has 1 aromatic heterocycles. The third-order valence-electron chi connectivity index (χ3n) is 3.04. The number of hydrogen-bond donors (Lipinski definition) is 2. The monoisotopic (exact) mass is 398 g/mol. The van der Waals surface area contributed by atoms with E-state index >= 15 is 0 Å². The second-order valence-electron chi connectivity index (χ2n) is 4.67. The average molecular weight is 399 g/mol. The van der Waals surface area contributed by atoms with E-state index in [0.717, 1.165) is 10.0 Å². The van der Waals surface area contributed by atoms with E-state index in [2.05, 4.69) is 26.2 Å².